The maximum absolute atomic E-state index is 5.94. The summed E-state index contributed by atoms with van der Waals surface area (Å²) in [6.45, 7) is 4.26. The molecule has 0 N–H and O–H groups in total. The van der Waals surface area contributed by atoms with Gasteiger partial charge < -0.3 is 4.74 Å². The van der Waals surface area contributed by atoms with Gasteiger partial charge in [0.05, 0.1) is 6.10 Å². The number of hydrogen-bond acceptors (Lipinski definition) is 2. The molecule has 1 aromatic rings. The third kappa shape index (κ3) is 2.18. The molecule has 0 amide bonds. The van der Waals surface area contributed by atoms with Gasteiger partial charge in [-0.3, -0.25) is 0 Å². The topological polar surface area (TPSA) is 22.1 Å². The van der Waals surface area contributed by atoms with Crippen molar-refractivity contribution in [2.24, 2.45) is 0 Å². The first-order valence-corrected chi connectivity index (χ1v) is 5.36. The summed E-state index contributed by atoms with van der Waals surface area (Å²) in [6, 6.07) is 2.00. The van der Waals surface area contributed by atoms with Crippen LogP contribution >= 0.6 is 11.6 Å². The van der Waals surface area contributed by atoms with E-state index >= 15 is 0 Å². The zero-order valence-corrected chi connectivity index (χ0v) is 9.21. The van der Waals surface area contributed by atoms with Crippen LogP contribution in [0.5, 0.6) is 5.75 Å². The number of aromatic nitrogens is 1. The van der Waals surface area contributed by atoms with E-state index in [0.717, 1.165) is 18.6 Å². The number of pyridine rings is 1. The summed E-state index contributed by atoms with van der Waals surface area (Å²) in [7, 11) is 0. The fraction of sp³-hybridized carbons (Fsp3) is 0.545. The molecule has 76 valence electrons. The summed E-state index contributed by atoms with van der Waals surface area (Å²) in [5.74, 6) is 1.20. The Bertz CT molecular complexity index is 334. The Morgan fingerprint density at radius 1 is 1.50 bits per heavy atom. The van der Waals surface area contributed by atoms with E-state index in [9.17, 15) is 0 Å². The molecule has 2 nitrogen and oxygen atoms in total. The van der Waals surface area contributed by atoms with E-state index in [0.29, 0.717) is 17.2 Å². The normalized spacial score (nSPS) is 16.0. The fourth-order valence-electron chi connectivity index (χ4n) is 1.21. The Morgan fingerprint density at radius 3 is 2.79 bits per heavy atom. The van der Waals surface area contributed by atoms with Crippen LogP contribution in [-0.4, -0.2) is 11.1 Å². The molecule has 1 fully saturated rings. The Hall–Kier alpha value is -0.760. The van der Waals surface area contributed by atoms with E-state index in [1.54, 1.807) is 0 Å². The summed E-state index contributed by atoms with van der Waals surface area (Å²) >= 11 is 5.94. The highest BCUT2D eigenvalue weighted by Crippen LogP contribution is 2.32. The van der Waals surface area contributed by atoms with Gasteiger partial charge in [-0.25, -0.2) is 4.98 Å². The standard InChI is InChI=1S/C11H14ClNO/c1-7(2)8-5-10(11(12)13-6-8)14-9-3-4-9/h5-7,9H,3-4H2,1-2H3. The van der Waals surface area contributed by atoms with Crippen molar-refractivity contribution in [1.29, 1.82) is 0 Å². The fourth-order valence-corrected chi connectivity index (χ4v) is 1.35. The lowest BCUT2D eigenvalue weighted by Gasteiger charge is -2.10. The molecule has 0 radical (unpaired) electrons. The van der Waals surface area contributed by atoms with Gasteiger partial charge in [0.1, 0.15) is 0 Å². The zero-order valence-electron chi connectivity index (χ0n) is 8.46. The van der Waals surface area contributed by atoms with E-state index in [2.05, 4.69) is 18.8 Å². The molecule has 0 saturated heterocycles. The molecule has 1 aromatic heterocycles. The van der Waals surface area contributed by atoms with Gasteiger partial charge in [-0.15, -0.1) is 0 Å². The highest BCUT2D eigenvalue weighted by atomic mass is 35.5. The van der Waals surface area contributed by atoms with Gasteiger partial charge in [0.25, 0.3) is 0 Å². The van der Waals surface area contributed by atoms with Crippen LogP contribution in [0.4, 0.5) is 0 Å². The minimum absolute atomic E-state index is 0.372. The van der Waals surface area contributed by atoms with E-state index in [1.165, 1.54) is 5.56 Å². The molecule has 0 atom stereocenters. The van der Waals surface area contributed by atoms with E-state index in [-0.39, 0.29) is 0 Å². The minimum atomic E-state index is 0.372. The smallest absolute Gasteiger partial charge is 0.171 e. The van der Waals surface area contributed by atoms with E-state index in [4.69, 9.17) is 16.3 Å². The summed E-state index contributed by atoms with van der Waals surface area (Å²) in [5, 5.41) is 0.473. The summed E-state index contributed by atoms with van der Waals surface area (Å²) in [4.78, 5) is 4.12. The number of nitrogens with zero attached hydrogens (tertiary/aromatic N) is 1. The second kappa shape index (κ2) is 3.77. The number of hydrogen-bond donors (Lipinski definition) is 0. The van der Waals surface area contributed by atoms with Crippen LogP contribution in [0.15, 0.2) is 12.3 Å². The Balaban J connectivity index is 2.21. The van der Waals surface area contributed by atoms with Gasteiger partial charge in [0, 0.05) is 6.20 Å². The molecule has 1 saturated carbocycles. The van der Waals surface area contributed by atoms with Crippen molar-refractivity contribution in [3.05, 3.63) is 23.0 Å². The molecule has 1 heterocycles. The largest absolute Gasteiger partial charge is 0.487 e. The van der Waals surface area contributed by atoms with Crippen LogP contribution in [0.1, 0.15) is 38.2 Å². The lowest BCUT2D eigenvalue weighted by molar-refractivity contribution is 0.301. The van der Waals surface area contributed by atoms with Crippen LogP contribution in [0.2, 0.25) is 5.15 Å². The molecule has 0 aromatic carbocycles. The number of halogens is 1. The summed E-state index contributed by atoms with van der Waals surface area (Å²) in [6.07, 6.45) is 4.47. The van der Waals surface area contributed by atoms with Crippen LogP contribution < -0.4 is 4.74 Å². The van der Waals surface area contributed by atoms with Gasteiger partial charge in [-0.1, -0.05) is 25.4 Å². The molecule has 3 heteroatoms. The lowest BCUT2D eigenvalue weighted by atomic mass is 10.1. The second-order valence-electron chi connectivity index (χ2n) is 4.03. The summed E-state index contributed by atoms with van der Waals surface area (Å²) < 4.78 is 5.65. The molecule has 0 bridgehead atoms. The van der Waals surface area contributed by atoms with Crippen molar-refractivity contribution in [1.82, 2.24) is 4.98 Å². The van der Waals surface area contributed by atoms with Crippen molar-refractivity contribution >= 4 is 11.6 Å². The van der Waals surface area contributed by atoms with Crippen LogP contribution in [-0.2, 0) is 0 Å². The average Bonchev–Trinajstić information content (AvgIpc) is 2.92. The zero-order chi connectivity index (χ0) is 10.1. The van der Waals surface area contributed by atoms with Crippen LogP contribution in [0, 0.1) is 0 Å². The third-order valence-electron chi connectivity index (χ3n) is 2.31. The lowest BCUT2D eigenvalue weighted by Crippen LogP contribution is -1.99. The molecule has 1 aliphatic rings. The first-order valence-electron chi connectivity index (χ1n) is 4.99. The van der Waals surface area contributed by atoms with Gasteiger partial charge in [0.2, 0.25) is 0 Å². The van der Waals surface area contributed by atoms with Crippen molar-refractivity contribution in [3.63, 3.8) is 0 Å². The first-order chi connectivity index (χ1) is 6.66. The molecule has 0 unspecified atom stereocenters. The molecule has 1 aliphatic carbocycles. The number of ether oxygens (including phenoxy) is 1. The molecule has 0 aliphatic heterocycles. The van der Waals surface area contributed by atoms with Crippen molar-refractivity contribution in [2.45, 2.75) is 38.7 Å². The Morgan fingerprint density at radius 2 is 2.21 bits per heavy atom. The predicted octanol–water partition coefficient (Wildman–Crippen LogP) is 3.40. The van der Waals surface area contributed by atoms with E-state index < -0.39 is 0 Å². The second-order valence-corrected chi connectivity index (χ2v) is 4.39. The molecule has 0 spiro atoms. The highest BCUT2D eigenvalue weighted by molar-refractivity contribution is 6.30. The Labute approximate surface area is 89.3 Å². The first kappa shape index (κ1) is 9.78. The predicted molar refractivity (Wildman–Crippen MR) is 57.0 cm³/mol. The van der Waals surface area contributed by atoms with E-state index in [1.807, 2.05) is 12.3 Å². The number of rotatable bonds is 3. The van der Waals surface area contributed by atoms with Crippen molar-refractivity contribution in [3.8, 4) is 5.75 Å². The SMILES string of the molecule is CC(C)c1cnc(Cl)c(OC2CC2)c1. The minimum Gasteiger partial charge on any atom is -0.487 e. The Kier molecular flexibility index (Phi) is 2.64. The molecular weight excluding hydrogens is 198 g/mol. The highest BCUT2D eigenvalue weighted by Gasteiger charge is 2.24. The van der Waals surface area contributed by atoms with Crippen molar-refractivity contribution in [2.75, 3.05) is 0 Å². The third-order valence-corrected chi connectivity index (χ3v) is 2.60. The van der Waals surface area contributed by atoms with Gasteiger partial charge in [-0.2, -0.15) is 0 Å². The van der Waals surface area contributed by atoms with Crippen LogP contribution in [0.3, 0.4) is 0 Å². The maximum atomic E-state index is 5.94. The average molecular weight is 212 g/mol. The van der Waals surface area contributed by atoms with Gasteiger partial charge in [-0.05, 0) is 30.4 Å². The van der Waals surface area contributed by atoms with Gasteiger partial charge in [0.15, 0.2) is 10.9 Å². The van der Waals surface area contributed by atoms with Crippen LogP contribution in [0.25, 0.3) is 0 Å². The molecular formula is C11H14ClNO. The molecule has 2 rings (SSSR count). The monoisotopic (exact) mass is 211 g/mol. The van der Waals surface area contributed by atoms with Crippen molar-refractivity contribution < 1.29 is 4.74 Å². The quantitative estimate of drug-likeness (QED) is 0.715. The summed E-state index contributed by atoms with van der Waals surface area (Å²) in [5.41, 5.74) is 1.17. The van der Waals surface area contributed by atoms with Gasteiger partial charge >= 0.3 is 0 Å². The maximum Gasteiger partial charge on any atom is 0.171 e. The molecule has 14 heavy (non-hydrogen) atoms.